The van der Waals surface area contributed by atoms with E-state index in [-0.39, 0.29) is 0 Å². The van der Waals surface area contributed by atoms with E-state index in [4.69, 9.17) is 0 Å². The minimum atomic E-state index is -1.08. The summed E-state index contributed by atoms with van der Waals surface area (Å²) < 4.78 is 0. The highest BCUT2D eigenvalue weighted by atomic mass is 16.4. The molecule has 0 aromatic carbocycles. The van der Waals surface area contributed by atoms with Crippen molar-refractivity contribution in [3.05, 3.63) is 0 Å². The molecule has 1 saturated carbocycles. The Morgan fingerprint density at radius 1 is 0.840 bits per heavy atom. The lowest BCUT2D eigenvalue weighted by atomic mass is 9.52. The van der Waals surface area contributed by atoms with Gasteiger partial charge in [-0.05, 0) is 31.6 Å². The van der Waals surface area contributed by atoms with Crippen molar-refractivity contribution in [1.29, 1.82) is 0 Å². The molecule has 2 N–H and O–H groups in total. The molecule has 4 nitrogen and oxygen atoms in total. The van der Waals surface area contributed by atoms with Crippen LogP contribution in [0.3, 0.4) is 0 Å². The first kappa shape index (κ1) is 22.0. The van der Waals surface area contributed by atoms with Crippen LogP contribution in [0.25, 0.3) is 0 Å². The third-order valence-electron chi connectivity index (χ3n) is 6.28. The number of carboxylic acids is 2. The third kappa shape index (κ3) is 5.21. The van der Waals surface area contributed by atoms with E-state index in [0.717, 1.165) is 44.9 Å². The Labute approximate surface area is 153 Å². The topological polar surface area (TPSA) is 74.6 Å². The van der Waals surface area contributed by atoms with Crippen LogP contribution < -0.4 is 0 Å². The van der Waals surface area contributed by atoms with E-state index < -0.39 is 22.8 Å². The van der Waals surface area contributed by atoms with Gasteiger partial charge in [-0.3, -0.25) is 9.59 Å². The normalized spacial score (nSPS) is 26.7. The maximum atomic E-state index is 12.3. The minimum absolute atomic E-state index is 0.498. The zero-order valence-electron chi connectivity index (χ0n) is 16.5. The number of carboxylic acid groups (broad SMARTS) is 2. The molecule has 25 heavy (non-hydrogen) atoms. The molecule has 2 unspecified atom stereocenters. The molecule has 0 saturated heterocycles. The van der Waals surface area contributed by atoms with E-state index in [1.165, 1.54) is 12.8 Å². The molecular weight excluding hydrogens is 316 g/mol. The quantitative estimate of drug-likeness (QED) is 0.429. The second-order valence-electron chi connectivity index (χ2n) is 8.43. The first-order chi connectivity index (χ1) is 11.8. The van der Waals surface area contributed by atoms with Gasteiger partial charge >= 0.3 is 11.9 Å². The van der Waals surface area contributed by atoms with Crippen molar-refractivity contribution in [2.24, 2.45) is 16.7 Å². The highest BCUT2D eigenvalue weighted by Gasteiger charge is 2.61. The summed E-state index contributed by atoms with van der Waals surface area (Å²) in [5.74, 6) is -1.06. The van der Waals surface area contributed by atoms with Crippen molar-refractivity contribution in [3.63, 3.8) is 0 Å². The van der Waals surface area contributed by atoms with Gasteiger partial charge in [-0.15, -0.1) is 0 Å². The number of hydrogen-bond acceptors (Lipinski definition) is 2. The molecule has 0 amide bonds. The van der Waals surface area contributed by atoms with E-state index in [1.807, 2.05) is 6.92 Å². The Morgan fingerprint density at radius 3 is 1.76 bits per heavy atom. The van der Waals surface area contributed by atoms with E-state index >= 15 is 0 Å². The monoisotopic (exact) mass is 354 g/mol. The first-order valence-electron chi connectivity index (χ1n) is 10.3. The molecule has 0 radical (unpaired) electrons. The minimum Gasteiger partial charge on any atom is -0.481 e. The van der Waals surface area contributed by atoms with Crippen LogP contribution in [0.4, 0.5) is 0 Å². The molecule has 0 aromatic rings. The number of rotatable bonds is 12. The molecule has 0 aliphatic heterocycles. The zero-order valence-corrected chi connectivity index (χ0v) is 16.5. The van der Waals surface area contributed by atoms with Crippen LogP contribution in [0.2, 0.25) is 0 Å². The van der Waals surface area contributed by atoms with Crippen LogP contribution in [-0.2, 0) is 9.59 Å². The lowest BCUT2D eigenvalue weighted by molar-refractivity contribution is -0.182. The second-order valence-corrected chi connectivity index (χ2v) is 8.43. The first-order valence-corrected chi connectivity index (χ1v) is 10.3. The Kier molecular flexibility index (Phi) is 8.95. The highest BCUT2D eigenvalue weighted by molar-refractivity contribution is 5.87. The van der Waals surface area contributed by atoms with Crippen molar-refractivity contribution < 1.29 is 19.8 Å². The van der Waals surface area contributed by atoms with Crippen LogP contribution in [-0.4, -0.2) is 22.2 Å². The summed E-state index contributed by atoms with van der Waals surface area (Å²) in [6.07, 6.45) is 10.7. The Bertz CT molecular complexity index is 432. The largest absolute Gasteiger partial charge is 0.481 e. The predicted molar refractivity (Wildman–Crippen MR) is 101 cm³/mol. The van der Waals surface area contributed by atoms with Crippen LogP contribution in [0.1, 0.15) is 104 Å². The molecule has 0 bridgehead atoms. The summed E-state index contributed by atoms with van der Waals surface area (Å²) >= 11 is 0. The van der Waals surface area contributed by atoms with Crippen molar-refractivity contribution in [1.82, 2.24) is 0 Å². The van der Waals surface area contributed by atoms with E-state index in [2.05, 4.69) is 13.8 Å². The highest BCUT2D eigenvalue weighted by Crippen LogP contribution is 2.56. The van der Waals surface area contributed by atoms with Gasteiger partial charge in [-0.1, -0.05) is 78.6 Å². The van der Waals surface area contributed by atoms with Gasteiger partial charge in [0.1, 0.15) is 0 Å². The molecule has 0 heterocycles. The SMILES string of the molecule is CCCCC1(C(=O)O)CCCCC1(CCCCCCC(C)C)C(=O)O. The summed E-state index contributed by atoms with van der Waals surface area (Å²) in [5.41, 5.74) is -2.16. The van der Waals surface area contributed by atoms with Crippen LogP contribution in [0.15, 0.2) is 0 Å². The fourth-order valence-electron chi connectivity index (χ4n) is 4.71. The summed E-state index contributed by atoms with van der Waals surface area (Å²) in [6, 6.07) is 0. The third-order valence-corrected chi connectivity index (χ3v) is 6.28. The summed E-state index contributed by atoms with van der Waals surface area (Å²) in [6.45, 7) is 6.47. The molecule has 1 aliphatic carbocycles. The molecule has 1 fully saturated rings. The van der Waals surface area contributed by atoms with Gasteiger partial charge in [0.15, 0.2) is 0 Å². The molecule has 4 heteroatoms. The van der Waals surface area contributed by atoms with E-state index in [0.29, 0.717) is 31.6 Å². The molecule has 1 rings (SSSR count). The average Bonchev–Trinajstić information content (AvgIpc) is 2.56. The standard InChI is InChI=1S/C21H38O4/c1-4-5-13-20(18(22)23)15-10-11-16-21(20,19(24)25)14-9-7-6-8-12-17(2)3/h17H,4-16H2,1-3H3,(H,22,23)(H,24,25). The number of hydrogen-bond donors (Lipinski definition) is 2. The van der Waals surface area contributed by atoms with Gasteiger partial charge in [-0.25, -0.2) is 0 Å². The maximum absolute atomic E-state index is 12.3. The van der Waals surface area contributed by atoms with Crippen molar-refractivity contribution in [2.75, 3.05) is 0 Å². The number of aliphatic carboxylic acids is 2. The van der Waals surface area contributed by atoms with Crippen molar-refractivity contribution >= 4 is 11.9 Å². The Hall–Kier alpha value is -1.06. The molecule has 1 aliphatic rings. The van der Waals surface area contributed by atoms with Crippen molar-refractivity contribution in [3.8, 4) is 0 Å². The second kappa shape index (κ2) is 10.2. The number of carbonyl (C=O) groups is 2. The zero-order chi connectivity index (χ0) is 18.9. The average molecular weight is 355 g/mol. The molecule has 0 spiro atoms. The molecule has 2 atom stereocenters. The summed E-state index contributed by atoms with van der Waals surface area (Å²) in [4.78, 5) is 24.6. The molecule has 146 valence electrons. The van der Waals surface area contributed by atoms with E-state index in [9.17, 15) is 19.8 Å². The number of unbranched alkanes of at least 4 members (excludes halogenated alkanes) is 4. The Morgan fingerprint density at radius 2 is 1.32 bits per heavy atom. The maximum Gasteiger partial charge on any atom is 0.310 e. The van der Waals surface area contributed by atoms with Gasteiger partial charge in [0, 0.05) is 0 Å². The van der Waals surface area contributed by atoms with Gasteiger partial charge < -0.3 is 10.2 Å². The smallest absolute Gasteiger partial charge is 0.310 e. The van der Waals surface area contributed by atoms with Crippen LogP contribution in [0, 0.1) is 16.7 Å². The summed E-state index contributed by atoms with van der Waals surface area (Å²) in [5, 5.41) is 20.1. The predicted octanol–water partition coefficient (Wildman–Crippen LogP) is 5.89. The fourth-order valence-corrected chi connectivity index (χ4v) is 4.71. The fraction of sp³-hybridized carbons (Fsp3) is 0.905. The van der Waals surface area contributed by atoms with Gasteiger partial charge in [0.2, 0.25) is 0 Å². The van der Waals surface area contributed by atoms with Gasteiger partial charge in [-0.2, -0.15) is 0 Å². The van der Waals surface area contributed by atoms with E-state index in [1.54, 1.807) is 0 Å². The van der Waals surface area contributed by atoms with Gasteiger partial charge in [0.05, 0.1) is 10.8 Å². The molecule has 0 aromatic heterocycles. The van der Waals surface area contributed by atoms with Crippen LogP contribution in [0.5, 0.6) is 0 Å². The lowest BCUT2D eigenvalue weighted by Crippen LogP contribution is -2.54. The van der Waals surface area contributed by atoms with Gasteiger partial charge in [0.25, 0.3) is 0 Å². The lowest BCUT2D eigenvalue weighted by Gasteiger charge is -2.48. The van der Waals surface area contributed by atoms with Crippen molar-refractivity contribution in [2.45, 2.75) is 104 Å². The Balaban J connectivity index is 2.86. The summed E-state index contributed by atoms with van der Waals surface area (Å²) in [7, 11) is 0. The molecular formula is C21H38O4. The van der Waals surface area contributed by atoms with Crippen LogP contribution >= 0.6 is 0 Å².